The first kappa shape index (κ1) is 47.7. The molecule has 7 aliphatic heterocycles. The van der Waals surface area contributed by atoms with Crippen LogP contribution in [0.25, 0.3) is 6.08 Å². The molecule has 0 aromatic heterocycles. The minimum atomic E-state index is -1.56. The number of esters is 3. The van der Waals surface area contributed by atoms with Crippen molar-refractivity contribution in [3.8, 4) is 46.3 Å². The number of aromatic hydroxyl groups is 1. The van der Waals surface area contributed by atoms with Crippen molar-refractivity contribution < 1.29 is 62.2 Å². The maximum absolute atomic E-state index is 15.3. The molecule has 0 radical (unpaired) electrons. The zero-order valence-electron chi connectivity index (χ0n) is 40.6. The van der Waals surface area contributed by atoms with Gasteiger partial charge in [-0.3, -0.25) is 19.9 Å². The summed E-state index contributed by atoms with van der Waals surface area (Å²) in [5.41, 5.74) is 2.86. The summed E-state index contributed by atoms with van der Waals surface area (Å²) < 4.78 is 48.8. The van der Waals surface area contributed by atoms with Crippen LogP contribution in [0.1, 0.15) is 95.1 Å². The summed E-state index contributed by atoms with van der Waals surface area (Å²) in [6.45, 7) is 10.0. The fourth-order valence-corrected chi connectivity index (χ4v) is 13.1. The lowest BCUT2D eigenvalue weighted by molar-refractivity contribution is -0.157. The molecule has 2 fully saturated rings. The zero-order chi connectivity index (χ0) is 50.3. The van der Waals surface area contributed by atoms with E-state index < -0.39 is 70.6 Å². The van der Waals surface area contributed by atoms with Crippen molar-refractivity contribution in [1.82, 2.24) is 15.1 Å². The molecule has 1 unspecified atom stereocenters. The van der Waals surface area contributed by atoms with Crippen LogP contribution >= 0.6 is 11.8 Å². The van der Waals surface area contributed by atoms with Crippen molar-refractivity contribution in [3.05, 3.63) is 105 Å². The number of thioether (sulfide) groups is 1. The number of hydrogen-bond donors (Lipinski definition) is 2. The molecule has 7 heterocycles. The zero-order valence-corrected chi connectivity index (χ0v) is 41.4. The standard InChI is InChI=1S/C53H54N4O13S/c1-26-18-31-19-33-34(22-54)56-35-23-65-50(61)53(32-21-36(63-7)37(20-30(32)16-17-55-53)69-38(59)15-14-29-12-10-9-11-13-29)24-71-49(41-40(35)48-47(66-25-67-48)27(2)46(41)68-28(3)58)43(56)42(39(31)44(60)45(26)64-8)57(33)51(62)70-52(4,5)6/h9-15,18,20-21,33-35,42-43,49,55,60H,16-17,19,23-25H2,1-8H3/b15-14+/t33-,34-,35-,42+,43?,49+,53+/m0/s1. The molecule has 1 spiro atoms. The Morgan fingerprint density at radius 3 is 2.42 bits per heavy atom. The number of amides is 1. The summed E-state index contributed by atoms with van der Waals surface area (Å²) in [5, 5.41) is 26.6. The Kier molecular flexibility index (Phi) is 12.1. The highest BCUT2D eigenvalue weighted by molar-refractivity contribution is 7.99. The third-order valence-corrected chi connectivity index (χ3v) is 15.6. The lowest BCUT2D eigenvalue weighted by atomic mass is 9.71. The van der Waals surface area contributed by atoms with Crippen molar-refractivity contribution >= 4 is 41.8 Å². The van der Waals surface area contributed by atoms with Crippen LogP contribution in [0, 0.1) is 25.2 Å². The van der Waals surface area contributed by atoms with Gasteiger partial charge in [-0.1, -0.05) is 36.4 Å². The fourth-order valence-electron chi connectivity index (χ4n) is 11.4. The number of nitrogens with zero attached hydrogens (tertiary/aromatic N) is 3. The van der Waals surface area contributed by atoms with Gasteiger partial charge in [0.25, 0.3) is 0 Å². The van der Waals surface area contributed by atoms with Gasteiger partial charge in [-0.15, -0.1) is 11.8 Å². The van der Waals surface area contributed by atoms with E-state index in [0.717, 1.165) is 11.1 Å². The van der Waals surface area contributed by atoms with Gasteiger partial charge in [-0.25, -0.2) is 14.4 Å². The highest BCUT2D eigenvalue weighted by atomic mass is 32.2. The van der Waals surface area contributed by atoms with Crippen LogP contribution in [0.15, 0.2) is 54.6 Å². The molecule has 4 aromatic rings. The molecular weight excluding hydrogens is 933 g/mol. The normalized spacial score (nSPS) is 24.9. The SMILES string of the molecule is COc1cc2c(cc1OC(=O)/C=C/c1ccccc1)CCN[C@]21CS[C@@H]2c3c(OC(C)=O)c(C)c4c(c3[C@H](COC1=O)N1C2[C@H]2c3c(cc(C)c(OC)c3O)C[C@@H]([C@@H]1C#N)N2C(=O)OC(C)(C)C)OCO4. The average Bonchev–Trinajstić information content (AvgIpc) is 3.83. The number of rotatable bonds is 6. The Bertz CT molecular complexity index is 2970. The maximum Gasteiger partial charge on any atom is 0.411 e. The first-order chi connectivity index (χ1) is 34.0. The molecule has 1 amide bonds. The monoisotopic (exact) mass is 986 g/mol. The van der Waals surface area contributed by atoms with Crippen LogP contribution < -0.4 is 33.7 Å². The number of phenols is 1. The number of aryl methyl sites for hydroxylation is 1. The average molecular weight is 987 g/mol. The van der Waals surface area contributed by atoms with Gasteiger partial charge in [0, 0.05) is 47.6 Å². The quantitative estimate of drug-likeness (QED) is 0.111. The predicted octanol–water partition coefficient (Wildman–Crippen LogP) is 7.21. The third-order valence-electron chi connectivity index (χ3n) is 14.1. The van der Waals surface area contributed by atoms with Crippen LogP contribution in [0.3, 0.4) is 0 Å². The number of carbonyl (C=O) groups excluding carboxylic acids is 4. The number of carbonyl (C=O) groups is 4. The van der Waals surface area contributed by atoms with E-state index in [1.807, 2.05) is 48.2 Å². The second-order valence-corrected chi connectivity index (χ2v) is 20.6. The number of fused-ring (bicyclic) bond motifs is 9. The second kappa shape index (κ2) is 18.0. The van der Waals surface area contributed by atoms with Gasteiger partial charge in [-0.05, 0) is 93.5 Å². The first-order valence-corrected chi connectivity index (χ1v) is 24.5. The summed E-state index contributed by atoms with van der Waals surface area (Å²) in [5.74, 6) is -0.549. The number of benzene rings is 4. The van der Waals surface area contributed by atoms with Gasteiger partial charge in [0.2, 0.25) is 6.79 Å². The van der Waals surface area contributed by atoms with Crippen molar-refractivity contribution in [1.29, 1.82) is 5.26 Å². The maximum atomic E-state index is 15.3. The number of methoxy groups -OCH3 is 2. The first-order valence-electron chi connectivity index (χ1n) is 23.4. The Morgan fingerprint density at radius 2 is 1.72 bits per heavy atom. The molecule has 7 atom stereocenters. The molecule has 4 bridgehead atoms. The van der Waals surface area contributed by atoms with E-state index >= 15 is 4.79 Å². The number of nitrogens with one attached hydrogen (secondary N) is 1. The van der Waals surface area contributed by atoms with Crippen LogP contribution in [0.5, 0.6) is 40.2 Å². The molecule has 4 aromatic carbocycles. The van der Waals surface area contributed by atoms with Crippen molar-refractivity contribution in [3.63, 3.8) is 0 Å². The minimum absolute atomic E-state index is 0.0249. The minimum Gasteiger partial charge on any atom is -0.504 e. The van der Waals surface area contributed by atoms with E-state index in [1.165, 1.54) is 39.0 Å². The number of ether oxygens (including phenoxy) is 8. The molecule has 2 saturated heterocycles. The van der Waals surface area contributed by atoms with Crippen LogP contribution in [-0.2, 0) is 42.2 Å². The van der Waals surface area contributed by atoms with Crippen molar-refractivity contribution in [2.24, 2.45) is 0 Å². The highest BCUT2D eigenvalue weighted by Crippen LogP contribution is 2.65. The highest BCUT2D eigenvalue weighted by Gasteiger charge is 2.64. The van der Waals surface area contributed by atoms with Gasteiger partial charge in [0.1, 0.15) is 24.0 Å². The van der Waals surface area contributed by atoms with E-state index in [4.69, 9.17) is 37.9 Å². The van der Waals surface area contributed by atoms with Crippen LogP contribution in [-0.4, -0.2) is 103 Å². The van der Waals surface area contributed by atoms with E-state index in [0.29, 0.717) is 63.4 Å². The lowest BCUT2D eigenvalue weighted by Crippen LogP contribution is -2.71. The molecule has 17 nitrogen and oxygen atoms in total. The summed E-state index contributed by atoms with van der Waals surface area (Å²) in [7, 11) is 2.91. The summed E-state index contributed by atoms with van der Waals surface area (Å²) in [4.78, 5) is 60.3. The Balaban J connectivity index is 1.18. The van der Waals surface area contributed by atoms with Gasteiger partial charge >= 0.3 is 24.0 Å². The van der Waals surface area contributed by atoms with Crippen LogP contribution in [0.4, 0.5) is 4.79 Å². The van der Waals surface area contributed by atoms with Gasteiger partial charge < -0.3 is 43.0 Å². The molecule has 71 heavy (non-hydrogen) atoms. The summed E-state index contributed by atoms with van der Waals surface area (Å²) in [6, 6.07) is 12.5. The fraction of sp³-hybridized carbons (Fsp3) is 0.415. The van der Waals surface area contributed by atoms with E-state index in [-0.39, 0.29) is 54.3 Å². The van der Waals surface area contributed by atoms with Gasteiger partial charge in [0.15, 0.2) is 40.0 Å². The molecule has 7 aliphatic rings. The number of hydrogen-bond acceptors (Lipinski definition) is 17. The Hall–Kier alpha value is -6.94. The molecule has 0 saturated carbocycles. The molecule has 2 N–H and O–H groups in total. The van der Waals surface area contributed by atoms with E-state index in [9.17, 15) is 24.8 Å². The Morgan fingerprint density at radius 1 is 0.958 bits per heavy atom. The molecule has 18 heteroatoms. The molecular formula is C53H54N4O13S. The van der Waals surface area contributed by atoms with E-state index in [2.05, 4.69) is 11.4 Å². The topological polar surface area (TPSA) is 205 Å². The van der Waals surface area contributed by atoms with Gasteiger partial charge in [-0.2, -0.15) is 5.26 Å². The molecule has 370 valence electrons. The van der Waals surface area contributed by atoms with E-state index in [1.54, 1.807) is 50.8 Å². The summed E-state index contributed by atoms with van der Waals surface area (Å²) in [6.07, 6.45) is 2.90. The largest absolute Gasteiger partial charge is 0.504 e. The molecule has 11 rings (SSSR count). The molecule has 0 aliphatic carbocycles. The van der Waals surface area contributed by atoms with Crippen LogP contribution in [0.2, 0.25) is 0 Å². The van der Waals surface area contributed by atoms with Gasteiger partial charge in [0.05, 0.1) is 49.7 Å². The second-order valence-electron chi connectivity index (χ2n) is 19.5. The smallest absolute Gasteiger partial charge is 0.411 e. The Labute approximate surface area is 414 Å². The third kappa shape index (κ3) is 7.85. The number of nitriles is 1. The lowest BCUT2D eigenvalue weighted by Gasteiger charge is -2.62. The number of phenolic OH excluding ortho intramolecular Hbond substituents is 1. The van der Waals surface area contributed by atoms with Crippen molar-refractivity contribution in [2.75, 3.05) is 39.9 Å². The van der Waals surface area contributed by atoms with Crippen molar-refractivity contribution in [2.45, 2.75) is 101 Å². The predicted molar refractivity (Wildman–Crippen MR) is 258 cm³/mol. The number of piperazine rings is 1. The summed E-state index contributed by atoms with van der Waals surface area (Å²) >= 11 is 1.34.